The summed E-state index contributed by atoms with van der Waals surface area (Å²) in [4.78, 5) is 16.1. The van der Waals surface area contributed by atoms with Crippen molar-refractivity contribution in [1.82, 2.24) is 14.9 Å². The number of nitrogens with one attached hydrogen (secondary N) is 1. The minimum Gasteiger partial charge on any atom is -0.384 e. The van der Waals surface area contributed by atoms with Gasteiger partial charge in [0.15, 0.2) is 0 Å². The van der Waals surface area contributed by atoms with E-state index in [1.54, 1.807) is 13.3 Å². The highest BCUT2D eigenvalue weighted by atomic mass is 16.5. The second kappa shape index (κ2) is 5.74. The lowest BCUT2D eigenvalue weighted by Gasteiger charge is -2.17. The maximum atomic E-state index is 12.0. The predicted molar refractivity (Wildman–Crippen MR) is 72.8 cm³/mol. The Labute approximate surface area is 114 Å². The molecule has 1 saturated carbocycles. The summed E-state index contributed by atoms with van der Waals surface area (Å²) in [5.74, 6) is 1.04. The van der Waals surface area contributed by atoms with Crippen LogP contribution in [0.2, 0.25) is 0 Å². The highest BCUT2D eigenvalue weighted by Gasteiger charge is 2.42. The molecule has 5 heteroatoms. The van der Waals surface area contributed by atoms with E-state index >= 15 is 0 Å². The van der Waals surface area contributed by atoms with Crippen molar-refractivity contribution in [1.29, 1.82) is 0 Å². The van der Waals surface area contributed by atoms with E-state index in [1.165, 1.54) is 0 Å². The summed E-state index contributed by atoms with van der Waals surface area (Å²) in [7, 11) is 1.71. The van der Waals surface area contributed by atoms with Crippen molar-refractivity contribution < 1.29 is 9.53 Å². The van der Waals surface area contributed by atoms with Gasteiger partial charge in [0.1, 0.15) is 5.82 Å². The van der Waals surface area contributed by atoms with Crippen molar-refractivity contribution in [2.24, 2.45) is 5.41 Å². The van der Waals surface area contributed by atoms with Crippen LogP contribution in [0.5, 0.6) is 0 Å². The Bertz CT molecular complexity index is 438. The Kier molecular flexibility index (Phi) is 4.24. The van der Waals surface area contributed by atoms with Crippen molar-refractivity contribution >= 4 is 5.91 Å². The van der Waals surface area contributed by atoms with Gasteiger partial charge in [-0.05, 0) is 26.7 Å². The van der Waals surface area contributed by atoms with E-state index in [-0.39, 0.29) is 17.4 Å². The van der Waals surface area contributed by atoms with Gasteiger partial charge < -0.3 is 14.6 Å². The highest BCUT2D eigenvalue weighted by Crippen LogP contribution is 2.45. The first-order valence-corrected chi connectivity index (χ1v) is 6.81. The number of methoxy groups -OCH3 is 1. The third-order valence-corrected chi connectivity index (χ3v) is 3.89. The SMILES string of the molecule is COCC1(CNC(=O)CC(C)n2ccnc2C)CC1. The summed E-state index contributed by atoms with van der Waals surface area (Å²) < 4.78 is 7.22. The molecule has 1 N–H and O–H groups in total. The van der Waals surface area contributed by atoms with Crippen LogP contribution in [0.3, 0.4) is 0 Å². The van der Waals surface area contributed by atoms with E-state index < -0.39 is 0 Å². The minimum atomic E-state index is 0.1000. The van der Waals surface area contributed by atoms with Gasteiger partial charge in [0.05, 0.1) is 6.61 Å². The zero-order valence-corrected chi connectivity index (χ0v) is 12.0. The summed E-state index contributed by atoms with van der Waals surface area (Å²) in [6.07, 6.45) is 6.47. The summed E-state index contributed by atoms with van der Waals surface area (Å²) >= 11 is 0. The number of ether oxygens (including phenoxy) is 1. The second-order valence-corrected chi connectivity index (χ2v) is 5.64. The predicted octanol–water partition coefficient (Wildman–Crippen LogP) is 1.69. The van der Waals surface area contributed by atoms with Gasteiger partial charge in [-0.15, -0.1) is 0 Å². The Hall–Kier alpha value is -1.36. The number of aromatic nitrogens is 2. The van der Waals surface area contributed by atoms with Gasteiger partial charge in [-0.25, -0.2) is 4.98 Å². The average Bonchev–Trinajstić information content (AvgIpc) is 2.99. The molecule has 0 saturated heterocycles. The first-order chi connectivity index (χ1) is 9.06. The second-order valence-electron chi connectivity index (χ2n) is 5.64. The molecule has 1 amide bonds. The molecule has 1 atom stereocenters. The van der Waals surface area contributed by atoms with Crippen LogP contribution >= 0.6 is 0 Å². The fourth-order valence-corrected chi connectivity index (χ4v) is 2.43. The number of imidazole rings is 1. The number of carbonyl (C=O) groups excluding carboxylic acids is 1. The first-order valence-electron chi connectivity index (χ1n) is 6.81. The van der Waals surface area contributed by atoms with Gasteiger partial charge in [-0.2, -0.15) is 0 Å². The molecule has 1 heterocycles. The maximum Gasteiger partial charge on any atom is 0.222 e. The topological polar surface area (TPSA) is 56.1 Å². The van der Waals surface area contributed by atoms with Crippen LogP contribution in [-0.2, 0) is 9.53 Å². The van der Waals surface area contributed by atoms with Crippen LogP contribution in [0, 0.1) is 12.3 Å². The summed E-state index contributed by atoms with van der Waals surface area (Å²) in [6.45, 7) is 5.46. The Balaban J connectivity index is 1.77. The molecule has 0 aromatic carbocycles. The summed E-state index contributed by atoms with van der Waals surface area (Å²) in [6, 6.07) is 0.139. The Morgan fingerprint density at radius 3 is 2.89 bits per heavy atom. The lowest BCUT2D eigenvalue weighted by molar-refractivity contribution is -0.122. The molecule has 0 spiro atoms. The van der Waals surface area contributed by atoms with Gasteiger partial charge in [0.2, 0.25) is 5.91 Å². The molecule has 106 valence electrons. The van der Waals surface area contributed by atoms with Crippen LogP contribution in [0.4, 0.5) is 0 Å². The van der Waals surface area contributed by atoms with Crippen molar-refractivity contribution in [3.8, 4) is 0 Å². The van der Waals surface area contributed by atoms with Crippen LogP contribution in [0.1, 0.15) is 38.1 Å². The molecular formula is C14H23N3O2. The van der Waals surface area contributed by atoms with Crippen molar-refractivity contribution in [3.05, 3.63) is 18.2 Å². The van der Waals surface area contributed by atoms with Crippen molar-refractivity contribution in [2.45, 2.75) is 39.2 Å². The fourth-order valence-electron chi connectivity index (χ4n) is 2.43. The number of amides is 1. The van der Waals surface area contributed by atoms with Crippen LogP contribution in [-0.4, -0.2) is 35.7 Å². The molecule has 0 bridgehead atoms. The van der Waals surface area contributed by atoms with E-state index in [4.69, 9.17) is 4.74 Å². The Morgan fingerprint density at radius 1 is 1.63 bits per heavy atom. The molecule has 1 aromatic rings. The van der Waals surface area contributed by atoms with E-state index in [2.05, 4.69) is 10.3 Å². The monoisotopic (exact) mass is 265 g/mol. The number of carbonyl (C=O) groups is 1. The maximum absolute atomic E-state index is 12.0. The average molecular weight is 265 g/mol. The molecule has 1 aromatic heterocycles. The lowest BCUT2D eigenvalue weighted by Crippen LogP contribution is -2.33. The molecule has 0 aliphatic heterocycles. The molecular weight excluding hydrogens is 242 g/mol. The standard InChI is InChI=1S/C14H23N3O2/c1-11(17-7-6-15-12(17)2)8-13(18)16-9-14(4-5-14)10-19-3/h6-7,11H,4-5,8-10H2,1-3H3,(H,16,18). The smallest absolute Gasteiger partial charge is 0.222 e. The van der Waals surface area contributed by atoms with E-state index in [0.717, 1.165) is 31.8 Å². The molecule has 0 radical (unpaired) electrons. The molecule has 1 fully saturated rings. The molecule has 5 nitrogen and oxygen atoms in total. The van der Waals surface area contributed by atoms with Gasteiger partial charge in [-0.1, -0.05) is 0 Å². The zero-order chi connectivity index (χ0) is 13.9. The zero-order valence-electron chi connectivity index (χ0n) is 12.0. The molecule has 1 aliphatic rings. The third-order valence-electron chi connectivity index (χ3n) is 3.89. The number of nitrogens with zero attached hydrogens (tertiary/aromatic N) is 2. The number of aryl methyl sites for hydroxylation is 1. The first kappa shape index (κ1) is 14.1. The summed E-state index contributed by atoms with van der Waals surface area (Å²) in [5, 5.41) is 3.03. The van der Waals surface area contributed by atoms with E-state index in [9.17, 15) is 4.79 Å². The van der Waals surface area contributed by atoms with Crippen molar-refractivity contribution in [3.63, 3.8) is 0 Å². The van der Waals surface area contributed by atoms with Gasteiger partial charge >= 0.3 is 0 Å². The number of hydrogen-bond donors (Lipinski definition) is 1. The normalized spacial score (nSPS) is 18.1. The fraction of sp³-hybridized carbons (Fsp3) is 0.714. The number of rotatable bonds is 7. The number of hydrogen-bond acceptors (Lipinski definition) is 3. The van der Waals surface area contributed by atoms with E-state index in [1.807, 2.05) is 24.6 Å². The highest BCUT2D eigenvalue weighted by molar-refractivity contribution is 5.76. The van der Waals surface area contributed by atoms with Gasteiger partial charge in [-0.3, -0.25) is 4.79 Å². The van der Waals surface area contributed by atoms with Gasteiger partial charge in [0.25, 0.3) is 0 Å². The van der Waals surface area contributed by atoms with Crippen LogP contribution in [0.25, 0.3) is 0 Å². The molecule has 19 heavy (non-hydrogen) atoms. The molecule has 2 rings (SSSR count). The van der Waals surface area contributed by atoms with E-state index in [0.29, 0.717) is 6.42 Å². The lowest BCUT2D eigenvalue weighted by atomic mass is 10.1. The van der Waals surface area contributed by atoms with Crippen molar-refractivity contribution in [2.75, 3.05) is 20.3 Å². The minimum absolute atomic E-state index is 0.1000. The van der Waals surface area contributed by atoms with Crippen LogP contribution in [0.15, 0.2) is 12.4 Å². The van der Waals surface area contributed by atoms with Gasteiger partial charge in [0, 0.05) is 43.9 Å². The third kappa shape index (κ3) is 3.56. The molecule has 1 unspecified atom stereocenters. The quantitative estimate of drug-likeness (QED) is 0.816. The summed E-state index contributed by atoms with van der Waals surface area (Å²) in [5.41, 5.74) is 0.207. The largest absolute Gasteiger partial charge is 0.384 e. The molecule has 1 aliphatic carbocycles. The Morgan fingerprint density at radius 2 is 2.37 bits per heavy atom. The van der Waals surface area contributed by atoms with Crippen LogP contribution < -0.4 is 5.32 Å².